The molecule has 1 aliphatic heterocycles. The number of aromatic nitrogens is 2. The Hall–Kier alpha value is -3.62. The van der Waals surface area contributed by atoms with E-state index in [1.807, 2.05) is 0 Å². The van der Waals surface area contributed by atoms with Crippen LogP contribution in [-0.2, 0) is 38.1 Å². The minimum Gasteiger partial charge on any atom is -0.456 e. The number of hydrogen-bond donors (Lipinski definition) is 0. The second-order valence-electron chi connectivity index (χ2n) is 7.55. The molecule has 1 aromatic carbocycles. The molecule has 1 aromatic heterocycles. The van der Waals surface area contributed by atoms with Crippen molar-refractivity contribution >= 4 is 28.0 Å². The number of carbonyl (C=O) groups excluding carboxylic acids is 3. The zero-order valence-corrected chi connectivity index (χ0v) is 19.7. The lowest BCUT2D eigenvalue weighted by Gasteiger charge is -2.24. The van der Waals surface area contributed by atoms with Crippen molar-refractivity contribution in [3.05, 3.63) is 69.0 Å². The first-order valence-corrected chi connectivity index (χ1v) is 12.0. The van der Waals surface area contributed by atoms with Crippen LogP contribution in [-0.4, -0.2) is 66.6 Å². The molecule has 13 nitrogen and oxygen atoms in total. The van der Waals surface area contributed by atoms with Crippen LogP contribution in [0.3, 0.4) is 0 Å². The summed E-state index contributed by atoms with van der Waals surface area (Å²) in [5, 5.41) is 0. The van der Waals surface area contributed by atoms with Gasteiger partial charge < -0.3 is 14.2 Å². The van der Waals surface area contributed by atoms with Gasteiger partial charge >= 0.3 is 17.6 Å². The second kappa shape index (κ2) is 10.3. The molecule has 0 saturated carbocycles. The quantitative estimate of drug-likeness (QED) is 0.346. The van der Waals surface area contributed by atoms with Gasteiger partial charge in [0.25, 0.3) is 21.6 Å². The van der Waals surface area contributed by atoms with Crippen molar-refractivity contribution in [1.82, 2.24) is 9.13 Å². The number of carbonyl (C=O) groups is 3. The van der Waals surface area contributed by atoms with Gasteiger partial charge in [-0.05, 0) is 12.1 Å². The highest BCUT2D eigenvalue weighted by molar-refractivity contribution is 7.85. The summed E-state index contributed by atoms with van der Waals surface area (Å²) in [4.78, 5) is 62.0. The van der Waals surface area contributed by atoms with Gasteiger partial charge in [0.15, 0.2) is 18.4 Å². The first-order valence-electron chi connectivity index (χ1n) is 10.2. The van der Waals surface area contributed by atoms with Crippen molar-refractivity contribution < 1.29 is 41.2 Å². The van der Waals surface area contributed by atoms with E-state index in [0.29, 0.717) is 4.57 Å². The monoisotopic (exact) mass is 510 g/mol. The van der Waals surface area contributed by atoms with E-state index in [1.54, 1.807) is 18.2 Å². The van der Waals surface area contributed by atoms with E-state index in [-0.39, 0.29) is 5.56 Å². The number of ether oxygens (including phenoxy) is 3. The van der Waals surface area contributed by atoms with Crippen LogP contribution in [0, 0.1) is 0 Å². The van der Waals surface area contributed by atoms with Crippen molar-refractivity contribution in [2.45, 2.75) is 38.4 Å². The number of nitrogens with zero attached hydrogens (tertiary/aromatic N) is 2. The molecule has 2 aromatic rings. The largest absolute Gasteiger partial charge is 0.456 e. The van der Waals surface area contributed by atoms with Crippen molar-refractivity contribution in [2.75, 3.05) is 12.9 Å². The summed E-state index contributed by atoms with van der Waals surface area (Å²) in [6.45, 7) is 1.49. The first-order chi connectivity index (χ1) is 16.4. The lowest BCUT2D eigenvalue weighted by atomic mass is 10.1. The summed E-state index contributed by atoms with van der Waals surface area (Å²) >= 11 is 0. The molecule has 0 radical (unpaired) electrons. The molecule has 1 saturated heterocycles. The molecule has 14 heteroatoms. The third-order valence-corrected chi connectivity index (χ3v) is 5.41. The molecule has 0 N–H and O–H groups in total. The smallest absolute Gasteiger partial charge is 0.340 e. The minimum atomic E-state index is -3.94. The van der Waals surface area contributed by atoms with Gasteiger partial charge in [-0.25, -0.2) is 4.79 Å². The summed E-state index contributed by atoms with van der Waals surface area (Å²) in [7, 11) is -3.94. The Labute approximate surface area is 198 Å². The standard InChI is InChI=1S/C21H22N2O11S/c1-12(24)32-17-15(11-31-35(3,29)30)34-20(18(17)33-13(2)25)22-10-9-16(26)23(21(22)28)19(27)14-7-5-4-6-8-14/h4-10,15,17-18,20H,11H2,1-3H3/t15-,17-,18-,20-/m1/s1. The SMILES string of the molecule is CC(=O)O[C@@H]1[C@H](OC(C)=O)[C@@H](COS(C)(=O)=O)O[C@H]1n1ccc(=O)n(C(=O)c2ccccc2)c1=O. The minimum absolute atomic E-state index is 0.0607. The predicted octanol–water partition coefficient (Wildman–Crippen LogP) is -0.564. The van der Waals surface area contributed by atoms with Gasteiger partial charge in [0, 0.05) is 31.7 Å². The molecule has 0 amide bonds. The first kappa shape index (κ1) is 26.0. The third kappa shape index (κ3) is 6.09. The lowest BCUT2D eigenvalue weighted by Crippen LogP contribution is -2.47. The molecular formula is C21H22N2O11S. The zero-order valence-electron chi connectivity index (χ0n) is 18.9. The Bertz CT molecular complexity index is 1350. The fraction of sp³-hybridized carbons (Fsp3) is 0.381. The van der Waals surface area contributed by atoms with E-state index >= 15 is 0 Å². The van der Waals surface area contributed by atoms with Crippen LogP contribution in [0.5, 0.6) is 0 Å². The molecule has 1 aliphatic rings. The van der Waals surface area contributed by atoms with Crippen LogP contribution in [0.25, 0.3) is 0 Å². The molecule has 35 heavy (non-hydrogen) atoms. The molecular weight excluding hydrogens is 488 g/mol. The van der Waals surface area contributed by atoms with Gasteiger partial charge in [-0.3, -0.25) is 27.9 Å². The average Bonchev–Trinajstić information content (AvgIpc) is 3.08. The van der Waals surface area contributed by atoms with Gasteiger partial charge in [-0.15, -0.1) is 0 Å². The molecule has 0 bridgehead atoms. The Balaban J connectivity index is 2.09. The molecule has 4 atom stereocenters. The predicted molar refractivity (Wildman–Crippen MR) is 117 cm³/mol. The number of rotatable bonds is 7. The van der Waals surface area contributed by atoms with E-state index in [2.05, 4.69) is 0 Å². The number of esters is 2. The maximum absolute atomic E-state index is 13.2. The van der Waals surface area contributed by atoms with Crippen LogP contribution < -0.4 is 11.2 Å². The number of benzene rings is 1. The van der Waals surface area contributed by atoms with Crippen LogP contribution >= 0.6 is 0 Å². The van der Waals surface area contributed by atoms with Crippen LogP contribution in [0.4, 0.5) is 0 Å². The Kier molecular flexibility index (Phi) is 7.67. The highest BCUT2D eigenvalue weighted by Gasteiger charge is 2.51. The van der Waals surface area contributed by atoms with Gasteiger partial charge in [0.1, 0.15) is 6.10 Å². The average molecular weight is 510 g/mol. The fourth-order valence-corrected chi connectivity index (χ4v) is 3.87. The van der Waals surface area contributed by atoms with E-state index < -0.39 is 70.4 Å². The molecule has 1 fully saturated rings. The highest BCUT2D eigenvalue weighted by atomic mass is 32.2. The Morgan fingerprint density at radius 1 is 0.971 bits per heavy atom. The molecule has 0 unspecified atom stereocenters. The molecule has 0 aliphatic carbocycles. The van der Waals surface area contributed by atoms with E-state index in [1.165, 1.54) is 12.1 Å². The summed E-state index contributed by atoms with van der Waals surface area (Å²) < 4.78 is 45.0. The highest BCUT2D eigenvalue weighted by Crippen LogP contribution is 2.33. The van der Waals surface area contributed by atoms with E-state index in [4.69, 9.17) is 18.4 Å². The summed E-state index contributed by atoms with van der Waals surface area (Å²) in [5.74, 6) is -2.55. The van der Waals surface area contributed by atoms with Crippen molar-refractivity contribution in [3.63, 3.8) is 0 Å². The number of hydrogen-bond acceptors (Lipinski definition) is 11. The van der Waals surface area contributed by atoms with E-state index in [9.17, 15) is 32.4 Å². The van der Waals surface area contributed by atoms with Gasteiger partial charge in [-0.2, -0.15) is 13.0 Å². The van der Waals surface area contributed by atoms with Gasteiger partial charge in [0.2, 0.25) is 0 Å². The topological polar surface area (TPSA) is 166 Å². The zero-order chi connectivity index (χ0) is 25.9. The fourth-order valence-electron chi connectivity index (χ4n) is 3.49. The summed E-state index contributed by atoms with van der Waals surface area (Å²) in [6, 6.07) is 8.49. The lowest BCUT2D eigenvalue weighted by molar-refractivity contribution is -0.165. The maximum Gasteiger partial charge on any atom is 0.340 e. The van der Waals surface area contributed by atoms with Gasteiger partial charge in [-0.1, -0.05) is 18.2 Å². The maximum atomic E-state index is 13.2. The molecule has 0 spiro atoms. The third-order valence-electron chi connectivity index (χ3n) is 4.84. The normalized spacial score (nSPS) is 21.9. The molecule has 188 valence electrons. The van der Waals surface area contributed by atoms with Crippen molar-refractivity contribution in [2.24, 2.45) is 0 Å². The Morgan fingerprint density at radius 3 is 2.14 bits per heavy atom. The Morgan fingerprint density at radius 2 is 1.57 bits per heavy atom. The van der Waals surface area contributed by atoms with Crippen LogP contribution in [0.15, 0.2) is 52.2 Å². The van der Waals surface area contributed by atoms with Crippen LogP contribution in [0.1, 0.15) is 30.4 Å². The molecule has 3 rings (SSSR count). The van der Waals surface area contributed by atoms with E-state index in [0.717, 1.165) is 36.9 Å². The van der Waals surface area contributed by atoms with Gasteiger partial charge in [0.05, 0.1) is 12.9 Å². The van der Waals surface area contributed by atoms with Crippen LogP contribution in [0.2, 0.25) is 0 Å². The van der Waals surface area contributed by atoms with Crippen molar-refractivity contribution in [3.8, 4) is 0 Å². The summed E-state index contributed by atoms with van der Waals surface area (Å²) in [5.41, 5.74) is -1.99. The second-order valence-corrected chi connectivity index (χ2v) is 9.20. The molecule has 2 heterocycles. The summed E-state index contributed by atoms with van der Waals surface area (Å²) in [6.07, 6.45) is -3.80. The van der Waals surface area contributed by atoms with Crippen molar-refractivity contribution in [1.29, 1.82) is 0 Å².